The third-order valence-corrected chi connectivity index (χ3v) is 4.14. The third-order valence-electron chi connectivity index (χ3n) is 4.14. The number of nitrogens with zero attached hydrogens (tertiary/aromatic N) is 2. The van der Waals surface area contributed by atoms with Gasteiger partial charge in [-0.1, -0.05) is 48.5 Å². The number of hydrogen-bond donors (Lipinski definition) is 0. The lowest BCUT2D eigenvalue weighted by Crippen LogP contribution is -2.08. The molecule has 0 N–H and O–H groups in total. The van der Waals surface area contributed by atoms with Crippen molar-refractivity contribution < 1.29 is 4.42 Å². The van der Waals surface area contributed by atoms with Gasteiger partial charge in [-0.25, -0.2) is 0 Å². The smallest absolute Gasteiger partial charge is 0.233 e. The molecule has 118 valence electrons. The SMILES string of the molecule is Cc1oc2c(c(C)nn2-c2ccccc2)c(=O)c1-c1ccccc1. The van der Waals surface area contributed by atoms with Crippen LogP contribution in [0.1, 0.15) is 11.5 Å². The third kappa shape index (κ3) is 2.15. The maximum absolute atomic E-state index is 13.1. The lowest BCUT2D eigenvalue weighted by atomic mass is 10.0. The maximum atomic E-state index is 13.1. The van der Waals surface area contributed by atoms with Crippen LogP contribution in [0.5, 0.6) is 0 Å². The predicted octanol–water partition coefficient (Wildman–Crippen LogP) is 4.26. The van der Waals surface area contributed by atoms with E-state index in [0.717, 1.165) is 11.3 Å². The van der Waals surface area contributed by atoms with Gasteiger partial charge in [0.15, 0.2) is 0 Å². The average molecular weight is 316 g/mol. The van der Waals surface area contributed by atoms with E-state index in [2.05, 4.69) is 5.10 Å². The zero-order valence-electron chi connectivity index (χ0n) is 13.5. The van der Waals surface area contributed by atoms with Gasteiger partial charge >= 0.3 is 0 Å². The Balaban J connectivity index is 2.06. The summed E-state index contributed by atoms with van der Waals surface area (Å²) in [6, 6.07) is 19.3. The Kier molecular flexibility index (Phi) is 3.31. The molecular weight excluding hydrogens is 300 g/mol. The second-order valence-corrected chi connectivity index (χ2v) is 5.74. The van der Waals surface area contributed by atoms with Gasteiger partial charge in [0.1, 0.15) is 11.1 Å². The first-order valence-electron chi connectivity index (χ1n) is 7.80. The molecule has 0 fully saturated rings. The lowest BCUT2D eigenvalue weighted by molar-refractivity contribution is 0.541. The molecule has 4 rings (SSSR count). The molecule has 4 aromatic rings. The van der Waals surface area contributed by atoms with E-state index in [-0.39, 0.29) is 5.43 Å². The molecule has 0 atom stereocenters. The van der Waals surface area contributed by atoms with Gasteiger partial charge in [0.2, 0.25) is 11.1 Å². The first-order valence-corrected chi connectivity index (χ1v) is 7.80. The predicted molar refractivity (Wildman–Crippen MR) is 94.5 cm³/mol. The molecule has 0 radical (unpaired) electrons. The minimum absolute atomic E-state index is 0.0420. The van der Waals surface area contributed by atoms with Crippen molar-refractivity contribution in [2.75, 3.05) is 0 Å². The summed E-state index contributed by atoms with van der Waals surface area (Å²) in [4.78, 5) is 13.1. The summed E-state index contributed by atoms with van der Waals surface area (Å²) >= 11 is 0. The van der Waals surface area contributed by atoms with Crippen molar-refractivity contribution in [3.63, 3.8) is 0 Å². The highest BCUT2D eigenvalue weighted by molar-refractivity contribution is 5.83. The molecule has 0 bridgehead atoms. The Labute approximate surface area is 139 Å². The van der Waals surface area contributed by atoms with E-state index in [9.17, 15) is 4.79 Å². The van der Waals surface area contributed by atoms with Crippen molar-refractivity contribution in [3.8, 4) is 16.8 Å². The van der Waals surface area contributed by atoms with Gasteiger partial charge in [-0.2, -0.15) is 9.78 Å². The van der Waals surface area contributed by atoms with Crippen molar-refractivity contribution >= 4 is 11.1 Å². The van der Waals surface area contributed by atoms with Crippen LogP contribution in [-0.4, -0.2) is 9.78 Å². The van der Waals surface area contributed by atoms with Crippen LogP contribution < -0.4 is 5.43 Å². The van der Waals surface area contributed by atoms with Crippen molar-refractivity contribution in [2.24, 2.45) is 0 Å². The van der Waals surface area contributed by atoms with Crippen molar-refractivity contribution in [3.05, 3.63) is 82.3 Å². The molecule has 2 heterocycles. The summed E-state index contributed by atoms with van der Waals surface area (Å²) in [6.45, 7) is 3.66. The van der Waals surface area contributed by atoms with E-state index < -0.39 is 0 Å². The Hall–Kier alpha value is -3.14. The number of rotatable bonds is 2. The summed E-state index contributed by atoms with van der Waals surface area (Å²) in [7, 11) is 0. The van der Waals surface area contributed by atoms with Gasteiger partial charge in [0.05, 0.1) is 16.9 Å². The fourth-order valence-electron chi connectivity index (χ4n) is 3.03. The number of aromatic nitrogens is 2. The van der Waals surface area contributed by atoms with Gasteiger partial charge < -0.3 is 4.42 Å². The Morgan fingerprint density at radius 3 is 2.21 bits per heavy atom. The topological polar surface area (TPSA) is 48.0 Å². The van der Waals surface area contributed by atoms with E-state index in [0.29, 0.717) is 28.1 Å². The summed E-state index contributed by atoms with van der Waals surface area (Å²) < 4.78 is 7.72. The van der Waals surface area contributed by atoms with Crippen LogP contribution in [0.2, 0.25) is 0 Å². The standard InChI is InChI=1S/C20H16N2O2/c1-13-17-19(23)18(15-9-5-3-6-10-15)14(2)24-20(17)22(21-13)16-11-7-4-8-12-16/h3-12H,1-2H3. The second kappa shape index (κ2) is 5.49. The molecule has 0 aliphatic rings. The molecule has 0 aliphatic heterocycles. The quantitative estimate of drug-likeness (QED) is 0.555. The van der Waals surface area contributed by atoms with Crippen LogP contribution in [0, 0.1) is 13.8 Å². The molecule has 0 aliphatic carbocycles. The second-order valence-electron chi connectivity index (χ2n) is 5.74. The summed E-state index contributed by atoms with van der Waals surface area (Å²) in [5.74, 6) is 0.593. The number of para-hydroxylation sites is 1. The minimum atomic E-state index is -0.0420. The van der Waals surface area contributed by atoms with Crippen LogP contribution in [0.3, 0.4) is 0 Å². The lowest BCUT2D eigenvalue weighted by Gasteiger charge is -2.07. The van der Waals surface area contributed by atoms with Crippen molar-refractivity contribution in [2.45, 2.75) is 13.8 Å². The molecule has 0 spiro atoms. The molecule has 0 amide bonds. The van der Waals surface area contributed by atoms with Gasteiger partial charge in [0.25, 0.3) is 0 Å². The summed E-state index contributed by atoms with van der Waals surface area (Å²) in [5, 5.41) is 5.05. The Morgan fingerprint density at radius 2 is 1.54 bits per heavy atom. The maximum Gasteiger partial charge on any atom is 0.233 e. The van der Waals surface area contributed by atoms with E-state index in [1.165, 1.54) is 0 Å². The number of benzene rings is 2. The zero-order chi connectivity index (χ0) is 16.7. The molecule has 0 unspecified atom stereocenters. The van der Waals surface area contributed by atoms with Gasteiger partial charge in [-0.05, 0) is 31.5 Å². The van der Waals surface area contributed by atoms with Crippen molar-refractivity contribution in [1.29, 1.82) is 0 Å². The van der Waals surface area contributed by atoms with Gasteiger partial charge in [-0.15, -0.1) is 0 Å². The summed E-state index contributed by atoms with van der Waals surface area (Å²) in [5.41, 5.74) is 3.43. The fraction of sp³-hybridized carbons (Fsp3) is 0.100. The molecule has 24 heavy (non-hydrogen) atoms. The summed E-state index contributed by atoms with van der Waals surface area (Å²) in [6.07, 6.45) is 0. The molecule has 4 heteroatoms. The van der Waals surface area contributed by atoms with E-state index in [1.807, 2.05) is 74.5 Å². The highest BCUT2D eigenvalue weighted by atomic mass is 16.3. The fourth-order valence-corrected chi connectivity index (χ4v) is 3.03. The van der Waals surface area contributed by atoms with Gasteiger partial charge in [0, 0.05) is 0 Å². The molecular formula is C20H16N2O2. The van der Waals surface area contributed by atoms with Crippen LogP contribution in [-0.2, 0) is 0 Å². The van der Waals surface area contributed by atoms with Gasteiger partial charge in [-0.3, -0.25) is 4.79 Å². The van der Waals surface area contributed by atoms with Crippen LogP contribution in [0.4, 0.5) is 0 Å². The van der Waals surface area contributed by atoms with E-state index in [4.69, 9.17) is 4.42 Å². The molecule has 4 nitrogen and oxygen atoms in total. The zero-order valence-corrected chi connectivity index (χ0v) is 13.5. The number of aryl methyl sites for hydroxylation is 2. The first-order chi connectivity index (χ1) is 11.7. The largest absolute Gasteiger partial charge is 0.442 e. The van der Waals surface area contributed by atoms with Crippen LogP contribution in [0.15, 0.2) is 69.9 Å². The average Bonchev–Trinajstić information content (AvgIpc) is 2.93. The molecule has 2 aromatic heterocycles. The molecule has 0 saturated heterocycles. The molecule has 0 saturated carbocycles. The van der Waals surface area contributed by atoms with E-state index in [1.54, 1.807) is 4.68 Å². The highest BCUT2D eigenvalue weighted by Crippen LogP contribution is 2.26. The molecule has 2 aromatic carbocycles. The highest BCUT2D eigenvalue weighted by Gasteiger charge is 2.20. The number of hydrogen-bond acceptors (Lipinski definition) is 3. The van der Waals surface area contributed by atoms with E-state index >= 15 is 0 Å². The van der Waals surface area contributed by atoms with Crippen LogP contribution in [0.25, 0.3) is 27.9 Å². The Morgan fingerprint density at radius 1 is 0.917 bits per heavy atom. The first kappa shape index (κ1) is 14.5. The van der Waals surface area contributed by atoms with Crippen LogP contribution >= 0.6 is 0 Å². The Bertz CT molecular complexity index is 1080. The normalized spacial score (nSPS) is 11.1. The number of fused-ring (bicyclic) bond motifs is 1. The minimum Gasteiger partial charge on any atom is -0.442 e. The van der Waals surface area contributed by atoms with Crippen molar-refractivity contribution in [1.82, 2.24) is 9.78 Å². The monoisotopic (exact) mass is 316 g/mol.